The summed E-state index contributed by atoms with van der Waals surface area (Å²) in [5.41, 5.74) is 5.31. The minimum absolute atomic E-state index is 0.890. The van der Waals surface area contributed by atoms with Crippen LogP contribution in [0.2, 0.25) is 0 Å². The summed E-state index contributed by atoms with van der Waals surface area (Å²) in [6.45, 7) is 5.23. The van der Waals surface area contributed by atoms with Gasteiger partial charge in [0.15, 0.2) is 0 Å². The number of nitrogens with one attached hydrogen (secondary N) is 1. The fourth-order valence-electron chi connectivity index (χ4n) is 2.08. The summed E-state index contributed by atoms with van der Waals surface area (Å²) in [6.07, 6.45) is 2.32. The third-order valence-electron chi connectivity index (χ3n) is 3.14. The number of aryl methyl sites for hydroxylation is 2. The maximum atomic E-state index is 3.53. The van der Waals surface area contributed by atoms with Crippen LogP contribution >= 0.6 is 0 Å². The van der Waals surface area contributed by atoms with E-state index >= 15 is 0 Å². The van der Waals surface area contributed by atoms with Crippen LogP contribution in [0.25, 0.3) is 0 Å². The third-order valence-corrected chi connectivity index (χ3v) is 3.14. The van der Waals surface area contributed by atoms with Gasteiger partial charge in [-0.1, -0.05) is 61.4 Å². The number of hydrogen-bond acceptors (Lipinski definition) is 1. The molecule has 2 rings (SSSR count). The van der Waals surface area contributed by atoms with E-state index in [4.69, 9.17) is 0 Å². The van der Waals surface area contributed by atoms with Crippen LogP contribution in [0.15, 0.2) is 48.5 Å². The topological polar surface area (TPSA) is 12.0 Å². The fraction of sp³-hybridized carbons (Fsp3) is 0.294. The lowest BCUT2D eigenvalue weighted by molar-refractivity contribution is 0.919. The van der Waals surface area contributed by atoms with Crippen molar-refractivity contribution in [1.29, 1.82) is 0 Å². The van der Waals surface area contributed by atoms with Gasteiger partial charge in [0.2, 0.25) is 0 Å². The zero-order chi connectivity index (χ0) is 12.8. The molecular weight excluding hydrogens is 218 g/mol. The van der Waals surface area contributed by atoms with Crippen molar-refractivity contribution in [2.24, 2.45) is 0 Å². The summed E-state index contributed by atoms with van der Waals surface area (Å²) >= 11 is 0. The first-order valence-corrected chi connectivity index (χ1v) is 6.67. The molecule has 0 aliphatic heterocycles. The zero-order valence-corrected chi connectivity index (χ0v) is 11.2. The van der Waals surface area contributed by atoms with Gasteiger partial charge >= 0.3 is 0 Å². The molecule has 0 spiro atoms. The second-order valence-corrected chi connectivity index (χ2v) is 4.75. The fourth-order valence-corrected chi connectivity index (χ4v) is 2.08. The molecule has 2 aromatic carbocycles. The number of hydrogen-bond donors (Lipinski definition) is 1. The van der Waals surface area contributed by atoms with Gasteiger partial charge in [0.1, 0.15) is 0 Å². The third kappa shape index (κ3) is 3.36. The van der Waals surface area contributed by atoms with Crippen LogP contribution in [0.3, 0.4) is 0 Å². The highest BCUT2D eigenvalue weighted by Gasteiger charge is 2.00. The van der Waals surface area contributed by atoms with Gasteiger partial charge in [-0.05, 0) is 30.5 Å². The zero-order valence-electron chi connectivity index (χ0n) is 11.2. The van der Waals surface area contributed by atoms with Gasteiger partial charge in [-0.3, -0.25) is 0 Å². The Kier molecular flexibility index (Phi) is 4.40. The molecule has 1 N–H and O–H groups in total. The van der Waals surface area contributed by atoms with Gasteiger partial charge in [0, 0.05) is 12.2 Å². The van der Waals surface area contributed by atoms with Crippen molar-refractivity contribution < 1.29 is 0 Å². The molecule has 0 bridgehead atoms. The average Bonchev–Trinajstić information content (AvgIpc) is 2.40. The highest BCUT2D eigenvalue weighted by Crippen LogP contribution is 2.17. The van der Waals surface area contributed by atoms with E-state index in [1.54, 1.807) is 0 Å². The van der Waals surface area contributed by atoms with Crippen LogP contribution in [0.1, 0.15) is 30.0 Å². The molecule has 0 unspecified atom stereocenters. The standard InChI is InChI=1S/C17H21N/c1-3-6-16-7-4-5-8-17(16)18-13-15-11-9-14(2)10-12-15/h4-5,7-12,18H,3,6,13H2,1-2H3. The molecule has 0 saturated heterocycles. The maximum absolute atomic E-state index is 3.53. The van der Waals surface area contributed by atoms with Crippen molar-refractivity contribution in [3.63, 3.8) is 0 Å². The Morgan fingerprint density at radius 1 is 0.944 bits per heavy atom. The van der Waals surface area contributed by atoms with Crippen LogP contribution in [0.4, 0.5) is 5.69 Å². The number of benzene rings is 2. The maximum Gasteiger partial charge on any atom is 0.0400 e. The molecule has 0 saturated carbocycles. The van der Waals surface area contributed by atoms with Gasteiger partial charge in [-0.15, -0.1) is 0 Å². The van der Waals surface area contributed by atoms with E-state index in [-0.39, 0.29) is 0 Å². The highest BCUT2D eigenvalue weighted by molar-refractivity contribution is 5.51. The van der Waals surface area contributed by atoms with Gasteiger partial charge in [0.05, 0.1) is 0 Å². The Labute approximate surface area is 110 Å². The van der Waals surface area contributed by atoms with E-state index < -0.39 is 0 Å². The van der Waals surface area contributed by atoms with Crippen LogP contribution in [-0.4, -0.2) is 0 Å². The van der Waals surface area contributed by atoms with Crippen LogP contribution < -0.4 is 5.32 Å². The van der Waals surface area contributed by atoms with E-state index in [1.807, 2.05) is 0 Å². The molecule has 0 atom stereocenters. The lowest BCUT2D eigenvalue weighted by atomic mass is 10.1. The average molecular weight is 239 g/mol. The van der Waals surface area contributed by atoms with Gasteiger partial charge in [-0.2, -0.15) is 0 Å². The first kappa shape index (κ1) is 12.7. The minimum Gasteiger partial charge on any atom is -0.381 e. The monoisotopic (exact) mass is 239 g/mol. The minimum atomic E-state index is 0.890. The lowest BCUT2D eigenvalue weighted by Crippen LogP contribution is -2.02. The van der Waals surface area contributed by atoms with Gasteiger partial charge in [-0.25, -0.2) is 0 Å². The van der Waals surface area contributed by atoms with E-state index in [2.05, 4.69) is 67.7 Å². The Morgan fingerprint density at radius 3 is 2.39 bits per heavy atom. The first-order chi connectivity index (χ1) is 8.79. The molecular formula is C17H21N. The molecule has 2 aromatic rings. The molecule has 0 radical (unpaired) electrons. The molecule has 0 aliphatic rings. The van der Waals surface area contributed by atoms with E-state index in [1.165, 1.54) is 28.8 Å². The normalized spacial score (nSPS) is 10.3. The summed E-state index contributed by atoms with van der Waals surface area (Å²) in [7, 11) is 0. The second kappa shape index (κ2) is 6.25. The first-order valence-electron chi connectivity index (χ1n) is 6.67. The Morgan fingerprint density at radius 2 is 1.67 bits per heavy atom. The van der Waals surface area contributed by atoms with E-state index in [9.17, 15) is 0 Å². The smallest absolute Gasteiger partial charge is 0.0400 e. The van der Waals surface area contributed by atoms with Gasteiger partial charge in [0.25, 0.3) is 0 Å². The Bertz CT molecular complexity index is 485. The van der Waals surface area contributed by atoms with Crippen molar-refractivity contribution in [2.45, 2.75) is 33.2 Å². The van der Waals surface area contributed by atoms with E-state index in [0.29, 0.717) is 0 Å². The summed E-state index contributed by atoms with van der Waals surface area (Å²) in [6, 6.07) is 17.3. The van der Waals surface area contributed by atoms with Crippen LogP contribution in [0, 0.1) is 6.92 Å². The molecule has 1 heteroatoms. The van der Waals surface area contributed by atoms with Gasteiger partial charge < -0.3 is 5.32 Å². The number of rotatable bonds is 5. The van der Waals surface area contributed by atoms with E-state index in [0.717, 1.165) is 13.0 Å². The molecule has 0 fully saturated rings. The summed E-state index contributed by atoms with van der Waals surface area (Å²) in [5.74, 6) is 0. The molecule has 0 amide bonds. The number of para-hydroxylation sites is 1. The lowest BCUT2D eigenvalue weighted by Gasteiger charge is -2.11. The summed E-state index contributed by atoms with van der Waals surface area (Å²) in [5, 5.41) is 3.53. The predicted molar refractivity (Wildman–Crippen MR) is 78.9 cm³/mol. The van der Waals surface area contributed by atoms with Crippen molar-refractivity contribution in [2.75, 3.05) is 5.32 Å². The molecule has 1 nitrogen and oxygen atoms in total. The van der Waals surface area contributed by atoms with Crippen LogP contribution in [-0.2, 0) is 13.0 Å². The SMILES string of the molecule is CCCc1ccccc1NCc1ccc(C)cc1. The second-order valence-electron chi connectivity index (χ2n) is 4.75. The summed E-state index contributed by atoms with van der Waals surface area (Å²) in [4.78, 5) is 0. The Balaban J connectivity index is 2.03. The molecule has 0 aromatic heterocycles. The van der Waals surface area contributed by atoms with Crippen LogP contribution in [0.5, 0.6) is 0 Å². The van der Waals surface area contributed by atoms with Crippen molar-refractivity contribution >= 4 is 5.69 Å². The molecule has 0 aliphatic carbocycles. The Hall–Kier alpha value is -1.76. The molecule has 94 valence electrons. The predicted octanol–water partition coefficient (Wildman–Crippen LogP) is 4.56. The summed E-state index contributed by atoms with van der Waals surface area (Å²) < 4.78 is 0. The highest BCUT2D eigenvalue weighted by atomic mass is 14.9. The number of anilines is 1. The van der Waals surface area contributed by atoms with Crippen molar-refractivity contribution in [3.8, 4) is 0 Å². The van der Waals surface area contributed by atoms with Crippen molar-refractivity contribution in [3.05, 3.63) is 65.2 Å². The largest absolute Gasteiger partial charge is 0.381 e. The molecule has 0 heterocycles. The quantitative estimate of drug-likeness (QED) is 0.806. The van der Waals surface area contributed by atoms with Crippen molar-refractivity contribution in [1.82, 2.24) is 0 Å². The molecule has 18 heavy (non-hydrogen) atoms.